The fourth-order valence-electron chi connectivity index (χ4n) is 3.60. The van der Waals surface area contributed by atoms with Crippen LogP contribution < -0.4 is 10.6 Å². The Hall–Kier alpha value is -1.55. The molecule has 0 bridgehead atoms. The van der Waals surface area contributed by atoms with E-state index in [1.165, 1.54) is 5.56 Å². The monoisotopic (exact) mass is 302 g/mol. The number of urea groups is 1. The van der Waals surface area contributed by atoms with Gasteiger partial charge in [-0.1, -0.05) is 43.2 Å². The number of hydrogen-bond donors (Lipinski definition) is 3. The van der Waals surface area contributed by atoms with Crippen LogP contribution >= 0.6 is 0 Å². The molecule has 4 heteroatoms. The lowest BCUT2D eigenvalue weighted by Gasteiger charge is -2.31. The molecule has 2 unspecified atom stereocenters. The van der Waals surface area contributed by atoms with Crippen molar-refractivity contribution in [2.24, 2.45) is 5.92 Å². The Balaban J connectivity index is 1.50. The van der Waals surface area contributed by atoms with Gasteiger partial charge in [-0.25, -0.2) is 4.79 Å². The summed E-state index contributed by atoms with van der Waals surface area (Å²) < 4.78 is 0. The van der Waals surface area contributed by atoms with E-state index in [1.54, 1.807) is 0 Å². The lowest BCUT2D eigenvalue weighted by molar-refractivity contribution is 0.153. The number of amides is 2. The van der Waals surface area contributed by atoms with Gasteiger partial charge in [0.25, 0.3) is 0 Å². The summed E-state index contributed by atoms with van der Waals surface area (Å²) in [6, 6.07) is 10.5. The zero-order valence-corrected chi connectivity index (χ0v) is 13.1. The summed E-state index contributed by atoms with van der Waals surface area (Å²) in [5.41, 5.74) is 1.46. The zero-order valence-electron chi connectivity index (χ0n) is 13.1. The van der Waals surface area contributed by atoms with E-state index in [9.17, 15) is 9.90 Å². The maximum atomic E-state index is 12.2. The van der Waals surface area contributed by atoms with Crippen molar-refractivity contribution in [3.05, 3.63) is 35.9 Å². The summed E-state index contributed by atoms with van der Waals surface area (Å²) in [5.74, 6) is 0.212. The highest BCUT2D eigenvalue weighted by Crippen LogP contribution is 2.47. The molecule has 3 N–H and O–H groups in total. The number of hydrogen-bond acceptors (Lipinski definition) is 2. The predicted molar refractivity (Wildman–Crippen MR) is 86.7 cm³/mol. The second-order valence-corrected chi connectivity index (χ2v) is 6.81. The number of benzene rings is 1. The molecule has 2 aliphatic carbocycles. The topological polar surface area (TPSA) is 61.4 Å². The van der Waals surface area contributed by atoms with Gasteiger partial charge in [0, 0.05) is 30.5 Å². The summed E-state index contributed by atoms with van der Waals surface area (Å²) in [7, 11) is 0. The first kappa shape index (κ1) is 15.3. The molecule has 1 aromatic rings. The molecule has 0 aliphatic heterocycles. The number of aliphatic hydroxyl groups excluding tert-OH is 1. The molecular weight excluding hydrogens is 276 g/mol. The van der Waals surface area contributed by atoms with Crippen molar-refractivity contribution in [1.82, 2.24) is 10.6 Å². The molecule has 0 heterocycles. The number of carbonyl (C=O) groups is 1. The van der Waals surface area contributed by atoms with Crippen LogP contribution in [0.15, 0.2) is 30.3 Å². The Bertz CT molecular complexity index is 499. The van der Waals surface area contributed by atoms with E-state index in [0.717, 1.165) is 38.5 Å². The van der Waals surface area contributed by atoms with Gasteiger partial charge in [0.2, 0.25) is 0 Å². The number of rotatable bonds is 5. The van der Waals surface area contributed by atoms with Gasteiger partial charge >= 0.3 is 6.03 Å². The van der Waals surface area contributed by atoms with E-state index in [1.807, 2.05) is 6.07 Å². The van der Waals surface area contributed by atoms with Gasteiger partial charge in [0.15, 0.2) is 0 Å². The highest BCUT2D eigenvalue weighted by molar-refractivity contribution is 5.74. The summed E-state index contributed by atoms with van der Waals surface area (Å²) in [6.07, 6.45) is 6.55. The largest absolute Gasteiger partial charge is 0.396 e. The van der Waals surface area contributed by atoms with E-state index in [2.05, 4.69) is 34.9 Å². The average Bonchev–Trinajstić information content (AvgIpc) is 3.36. The summed E-state index contributed by atoms with van der Waals surface area (Å²) in [6.45, 7) is 0.859. The van der Waals surface area contributed by atoms with Gasteiger partial charge in [0.1, 0.15) is 0 Å². The molecule has 2 fully saturated rings. The van der Waals surface area contributed by atoms with Crippen molar-refractivity contribution in [2.75, 3.05) is 13.2 Å². The molecule has 2 atom stereocenters. The van der Waals surface area contributed by atoms with Crippen molar-refractivity contribution in [3.63, 3.8) is 0 Å². The van der Waals surface area contributed by atoms with Crippen LogP contribution in [0, 0.1) is 5.92 Å². The SMILES string of the molecule is O=C(NCC1(c2ccccc2)CC1)NC1CCCCC1CO. The number of carbonyl (C=O) groups excluding carboxylic acids is 1. The molecule has 2 amide bonds. The summed E-state index contributed by atoms with van der Waals surface area (Å²) in [5, 5.41) is 15.5. The Kier molecular flexibility index (Phi) is 4.67. The zero-order chi connectivity index (χ0) is 15.4. The second kappa shape index (κ2) is 6.69. The third kappa shape index (κ3) is 3.43. The Morgan fingerprint density at radius 1 is 1.18 bits per heavy atom. The van der Waals surface area contributed by atoms with E-state index in [-0.39, 0.29) is 30.0 Å². The van der Waals surface area contributed by atoms with E-state index in [0.29, 0.717) is 6.54 Å². The fraction of sp³-hybridized carbons (Fsp3) is 0.611. The van der Waals surface area contributed by atoms with Gasteiger partial charge in [-0.15, -0.1) is 0 Å². The van der Waals surface area contributed by atoms with E-state index >= 15 is 0 Å². The van der Waals surface area contributed by atoms with Gasteiger partial charge < -0.3 is 15.7 Å². The van der Waals surface area contributed by atoms with E-state index in [4.69, 9.17) is 0 Å². The fourth-order valence-corrected chi connectivity index (χ4v) is 3.60. The molecule has 2 aliphatic rings. The van der Waals surface area contributed by atoms with Crippen LogP contribution in [-0.2, 0) is 5.41 Å². The Morgan fingerprint density at radius 2 is 1.91 bits per heavy atom. The van der Waals surface area contributed by atoms with Gasteiger partial charge in [-0.05, 0) is 31.2 Å². The Morgan fingerprint density at radius 3 is 2.59 bits per heavy atom. The van der Waals surface area contributed by atoms with Gasteiger partial charge in [-0.3, -0.25) is 0 Å². The first-order valence-corrected chi connectivity index (χ1v) is 8.44. The van der Waals surface area contributed by atoms with Gasteiger partial charge in [0.05, 0.1) is 0 Å². The first-order valence-electron chi connectivity index (χ1n) is 8.44. The third-order valence-electron chi connectivity index (χ3n) is 5.29. The molecule has 0 spiro atoms. The van der Waals surface area contributed by atoms with Crippen LogP contribution in [0.4, 0.5) is 4.79 Å². The minimum absolute atomic E-state index is 0.0902. The van der Waals surface area contributed by atoms with Crippen molar-refractivity contribution in [1.29, 1.82) is 0 Å². The molecule has 0 saturated heterocycles. The van der Waals surface area contributed by atoms with Crippen LogP contribution in [0.2, 0.25) is 0 Å². The van der Waals surface area contributed by atoms with Crippen molar-refractivity contribution in [3.8, 4) is 0 Å². The minimum Gasteiger partial charge on any atom is -0.396 e. The number of aliphatic hydroxyl groups is 1. The molecule has 22 heavy (non-hydrogen) atoms. The predicted octanol–water partition coefficient (Wildman–Crippen LogP) is 2.57. The molecule has 2 saturated carbocycles. The van der Waals surface area contributed by atoms with Crippen molar-refractivity contribution >= 4 is 6.03 Å². The quantitative estimate of drug-likeness (QED) is 0.783. The van der Waals surface area contributed by atoms with Crippen LogP contribution in [-0.4, -0.2) is 30.3 Å². The molecule has 0 radical (unpaired) electrons. The summed E-state index contributed by atoms with van der Waals surface area (Å²) in [4.78, 5) is 12.2. The van der Waals surface area contributed by atoms with Crippen molar-refractivity contribution in [2.45, 2.75) is 50.0 Å². The third-order valence-corrected chi connectivity index (χ3v) is 5.29. The lowest BCUT2D eigenvalue weighted by atomic mass is 9.85. The molecule has 120 valence electrons. The standard InChI is InChI=1S/C18H26N2O2/c21-12-14-6-4-5-9-16(14)20-17(22)19-13-18(10-11-18)15-7-2-1-3-8-15/h1-3,7-8,14,16,21H,4-6,9-13H2,(H2,19,20,22). The smallest absolute Gasteiger partial charge is 0.315 e. The normalized spacial score (nSPS) is 26.2. The number of nitrogens with one attached hydrogen (secondary N) is 2. The molecule has 4 nitrogen and oxygen atoms in total. The first-order chi connectivity index (χ1) is 10.7. The van der Waals surface area contributed by atoms with Crippen LogP contribution in [0.1, 0.15) is 44.1 Å². The summed E-state index contributed by atoms with van der Waals surface area (Å²) >= 11 is 0. The maximum Gasteiger partial charge on any atom is 0.315 e. The van der Waals surface area contributed by atoms with E-state index < -0.39 is 0 Å². The Labute approximate surface area is 132 Å². The molecule has 3 rings (SSSR count). The van der Waals surface area contributed by atoms with Crippen molar-refractivity contribution < 1.29 is 9.90 Å². The van der Waals surface area contributed by atoms with Crippen LogP contribution in [0.5, 0.6) is 0 Å². The van der Waals surface area contributed by atoms with Crippen LogP contribution in [0.25, 0.3) is 0 Å². The highest BCUT2D eigenvalue weighted by Gasteiger charge is 2.44. The highest BCUT2D eigenvalue weighted by atomic mass is 16.3. The minimum atomic E-state index is -0.0902. The second-order valence-electron chi connectivity index (χ2n) is 6.81. The average molecular weight is 302 g/mol. The van der Waals surface area contributed by atoms with Crippen LogP contribution in [0.3, 0.4) is 0 Å². The molecule has 1 aromatic carbocycles. The lowest BCUT2D eigenvalue weighted by Crippen LogP contribution is -2.49. The maximum absolute atomic E-state index is 12.2. The molecule has 0 aromatic heterocycles. The van der Waals surface area contributed by atoms with Gasteiger partial charge in [-0.2, -0.15) is 0 Å². The molecular formula is C18H26N2O2.